The van der Waals surface area contributed by atoms with Crippen molar-refractivity contribution < 1.29 is 44.5 Å². The van der Waals surface area contributed by atoms with E-state index >= 15 is 0 Å². The monoisotopic (exact) mass is 633 g/mol. The second-order valence-corrected chi connectivity index (χ2v) is 14.3. The minimum absolute atomic E-state index is 0.133. The fraction of sp³-hybridized carbons (Fsp3) is 0.969. The summed E-state index contributed by atoms with van der Waals surface area (Å²) in [7, 11) is 3.75. The number of hydrogen-bond donors (Lipinski definition) is 6. The van der Waals surface area contributed by atoms with Crippen LogP contribution in [0.2, 0.25) is 0 Å². The number of esters is 1. The van der Waals surface area contributed by atoms with Gasteiger partial charge in [-0.1, -0.05) is 20.8 Å². The van der Waals surface area contributed by atoms with Crippen LogP contribution in [0.25, 0.3) is 0 Å². The molecule has 0 bridgehead atoms. The first-order valence-corrected chi connectivity index (χ1v) is 16.4. The van der Waals surface area contributed by atoms with Crippen LogP contribution >= 0.6 is 0 Å². The zero-order valence-electron chi connectivity index (χ0n) is 28.7. The molecule has 44 heavy (non-hydrogen) atoms. The molecule has 0 aliphatic carbocycles. The van der Waals surface area contributed by atoms with Crippen LogP contribution in [0.1, 0.15) is 81.1 Å². The van der Waals surface area contributed by atoms with Crippen LogP contribution in [0.15, 0.2) is 0 Å². The van der Waals surface area contributed by atoms with Gasteiger partial charge in [-0.15, -0.1) is 0 Å². The summed E-state index contributed by atoms with van der Waals surface area (Å²) in [6.07, 6.45) is -5.26. The number of nitrogens with zero attached hydrogens (tertiary/aromatic N) is 2. The lowest BCUT2D eigenvalue weighted by atomic mass is 9.78. The summed E-state index contributed by atoms with van der Waals surface area (Å²) in [4.78, 5) is 17.4. The van der Waals surface area contributed by atoms with E-state index in [9.17, 15) is 30.3 Å². The third-order valence-electron chi connectivity index (χ3n) is 9.94. The second kappa shape index (κ2) is 16.3. The largest absolute Gasteiger partial charge is 0.459 e. The molecule has 0 saturated carbocycles. The lowest BCUT2D eigenvalue weighted by Crippen LogP contribution is -2.59. The lowest BCUT2D eigenvalue weighted by molar-refractivity contribution is -0.299. The maximum Gasteiger partial charge on any atom is 0.311 e. The van der Waals surface area contributed by atoms with Crippen molar-refractivity contribution in [1.29, 1.82) is 0 Å². The first kappa shape index (κ1) is 39.2. The Morgan fingerprint density at radius 1 is 1.07 bits per heavy atom. The van der Waals surface area contributed by atoms with Gasteiger partial charge in [0.15, 0.2) is 6.29 Å². The molecule has 0 aromatic carbocycles. The molecule has 0 unspecified atom stereocenters. The van der Waals surface area contributed by atoms with Crippen molar-refractivity contribution in [2.75, 3.05) is 33.7 Å². The maximum absolute atomic E-state index is 13.4. The van der Waals surface area contributed by atoms with Crippen LogP contribution in [0, 0.1) is 17.8 Å². The highest BCUT2D eigenvalue weighted by Crippen LogP contribution is 2.36. The molecule has 0 aromatic heterocycles. The number of aliphatic hydroxyl groups excluding tert-OH is 3. The Morgan fingerprint density at radius 3 is 2.23 bits per heavy atom. The van der Waals surface area contributed by atoms with Gasteiger partial charge in [-0.2, -0.15) is 0 Å². The fourth-order valence-electron chi connectivity index (χ4n) is 7.19. The molecule has 12 heteroatoms. The number of cyclic esters (lactones) is 1. The van der Waals surface area contributed by atoms with Gasteiger partial charge in [0.2, 0.25) is 0 Å². The van der Waals surface area contributed by atoms with Crippen LogP contribution < -0.4 is 5.73 Å². The highest BCUT2D eigenvalue weighted by atomic mass is 16.7. The maximum atomic E-state index is 13.4. The third kappa shape index (κ3) is 9.33. The van der Waals surface area contributed by atoms with E-state index in [0.29, 0.717) is 32.5 Å². The molecule has 2 aliphatic rings. The highest BCUT2D eigenvalue weighted by Gasteiger charge is 2.50. The molecular formula is C32H63N3O9. The molecule has 14 atom stereocenters. The fourth-order valence-corrected chi connectivity index (χ4v) is 7.19. The molecule has 2 heterocycles. The number of carbonyl (C=O) groups excluding carboxylic acids is 1. The number of likely N-dealkylation sites (N-methyl/N-ethyl adjacent to an activating group) is 1. The number of ether oxygens (including phenoxy) is 3. The quantitative estimate of drug-likeness (QED) is 0.217. The van der Waals surface area contributed by atoms with E-state index in [1.807, 2.05) is 44.7 Å². The first-order valence-electron chi connectivity index (χ1n) is 16.4. The van der Waals surface area contributed by atoms with Crippen molar-refractivity contribution in [2.45, 2.75) is 147 Å². The summed E-state index contributed by atoms with van der Waals surface area (Å²) in [5.74, 6) is -2.73. The molecular weight excluding hydrogens is 570 g/mol. The molecule has 2 aliphatic heterocycles. The van der Waals surface area contributed by atoms with Gasteiger partial charge in [0.25, 0.3) is 0 Å². The van der Waals surface area contributed by atoms with Gasteiger partial charge in [-0.05, 0) is 93.4 Å². The zero-order valence-corrected chi connectivity index (χ0v) is 28.7. The standard InChI is InChI=1S/C32H63N3O9/c1-11-24-32(8,41)27(38)22(6)35(14-12-13-33)17-18(2)16-31(7,40)28(20(4)25(36)21(5)29(39)43-24)44-30-26(37)23(34(9)10)15-19(3)42-30/h18-28,30,36-38,40-41H,11-17,33H2,1-10H3/t18-,19-,20+,21-,22-,23+,24-,25+,26-,27-,28-,30+,31-,32-/m1/s1. The zero-order chi connectivity index (χ0) is 33.7. The molecule has 0 aromatic rings. The molecule has 0 radical (unpaired) electrons. The summed E-state index contributed by atoms with van der Waals surface area (Å²) in [6.45, 7) is 15.2. The molecule has 12 nitrogen and oxygen atoms in total. The molecule has 2 fully saturated rings. The third-order valence-corrected chi connectivity index (χ3v) is 9.94. The minimum atomic E-state index is -1.78. The number of carbonyl (C=O) groups is 1. The van der Waals surface area contributed by atoms with Crippen LogP contribution in [0.3, 0.4) is 0 Å². The molecule has 260 valence electrons. The normalized spacial score (nSPS) is 45.9. The van der Waals surface area contributed by atoms with Crippen LogP contribution in [-0.4, -0.2) is 141 Å². The van der Waals surface area contributed by atoms with E-state index in [-0.39, 0.29) is 30.9 Å². The van der Waals surface area contributed by atoms with Crippen molar-refractivity contribution >= 4 is 5.97 Å². The average Bonchev–Trinajstić information content (AvgIpc) is 2.94. The second-order valence-electron chi connectivity index (χ2n) is 14.3. The Morgan fingerprint density at radius 2 is 1.68 bits per heavy atom. The van der Waals surface area contributed by atoms with Gasteiger partial charge in [-0.3, -0.25) is 9.69 Å². The van der Waals surface area contributed by atoms with E-state index in [1.165, 1.54) is 13.8 Å². The van der Waals surface area contributed by atoms with Crippen LogP contribution in [0.4, 0.5) is 0 Å². The Bertz CT molecular complexity index is 891. The van der Waals surface area contributed by atoms with Crippen molar-refractivity contribution in [1.82, 2.24) is 9.80 Å². The Kier molecular flexibility index (Phi) is 14.5. The predicted octanol–water partition coefficient (Wildman–Crippen LogP) is 0.695. The van der Waals surface area contributed by atoms with Crippen LogP contribution in [0.5, 0.6) is 0 Å². The number of nitrogens with two attached hydrogens (primary N) is 1. The summed E-state index contributed by atoms with van der Waals surface area (Å²) >= 11 is 0. The van der Waals surface area contributed by atoms with Gasteiger partial charge < -0.3 is 50.4 Å². The van der Waals surface area contributed by atoms with E-state index in [2.05, 4.69) is 0 Å². The average molecular weight is 634 g/mol. The van der Waals surface area contributed by atoms with Crippen molar-refractivity contribution in [3.05, 3.63) is 0 Å². The molecule has 0 spiro atoms. The topological polar surface area (TPSA) is 178 Å². The highest BCUT2D eigenvalue weighted by molar-refractivity contribution is 5.73. The summed E-state index contributed by atoms with van der Waals surface area (Å²) in [6, 6.07) is -0.780. The first-order chi connectivity index (χ1) is 20.3. The number of aliphatic hydroxyl groups is 5. The van der Waals surface area contributed by atoms with Crippen molar-refractivity contribution in [3.63, 3.8) is 0 Å². The summed E-state index contributed by atoms with van der Waals surface area (Å²) in [5.41, 5.74) is 2.52. The lowest BCUT2D eigenvalue weighted by Gasteiger charge is -2.46. The van der Waals surface area contributed by atoms with Crippen molar-refractivity contribution in [2.24, 2.45) is 23.5 Å². The van der Waals surface area contributed by atoms with E-state index in [0.717, 1.165) is 0 Å². The Labute approximate surface area is 264 Å². The molecule has 0 amide bonds. The molecule has 7 N–H and O–H groups in total. The molecule has 2 saturated heterocycles. The van der Waals surface area contributed by atoms with Gasteiger partial charge in [0.1, 0.15) is 23.9 Å². The van der Waals surface area contributed by atoms with Crippen LogP contribution in [-0.2, 0) is 19.0 Å². The van der Waals surface area contributed by atoms with E-state index < -0.39 is 71.9 Å². The van der Waals surface area contributed by atoms with Gasteiger partial charge in [-0.25, -0.2) is 0 Å². The Hall–Kier alpha value is -0.930. The van der Waals surface area contributed by atoms with Gasteiger partial charge in [0, 0.05) is 24.5 Å². The summed E-state index contributed by atoms with van der Waals surface area (Å²) in [5, 5.41) is 57.8. The number of rotatable bonds is 7. The van der Waals surface area contributed by atoms with Gasteiger partial charge in [0.05, 0.1) is 29.8 Å². The molecule has 2 rings (SSSR count). The van der Waals surface area contributed by atoms with Crippen molar-refractivity contribution in [3.8, 4) is 0 Å². The smallest absolute Gasteiger partial charge is 0.311 e. The Balaban J connectivity index is 2.58. The van der Waals surface area contributed by atoms with E-state index in [4.69, 9.17) is 19.9 Å². The SMILES string of the molecule is CC[C@H]1OC(=O)[C@H](C)[C@@H](O)[C@H](C)[C@@H](O[C@@H]2O[C@H](C)C[C@H](N(C)C)[C@H]2O)[C@](C)(O)C[C@@H](C)CN(CCCN)[C@H](C)[C@@H](O)[C@]1(C)O. The summed E-state index contributed by atoms with van der Waals surface area (Å²) < 4.78 is 18.2. The number of hydrogen-bond acceptors (Lipinski definition) is 12. The van der Waals surface area contributed by atoms with E-state index in [1.54, 1.807) is 20.8 Å². The predicted molar refractivity (Wildman–Crippen MR) is 168 cm³/mol. The minimum Gasteiger partial charge on any atom is -0.459 e. The van der Waals surface area contributed by atoms with Gasteiger partial charge >= 0.3 is 5.97 Å².